The van der Waals surface area contributed by atoms with Crippen LogP contribution in [0.4, 0.5) is 0 Å². The summed E-state index contributed by atoms with van der Waals surface area (Å²) in [4.78, 5) is 23.5. The van der Waals surface area contributed by atoms with Crippen LogP contribution in [0.25, 0.3) is 0 Å². The summed E-state index contributed by atoms with van der Waals surface area (Å²) in [7, 11) is 0. The van der Waals surface area contributed by atoms with Crippen molar-refractivity contribution in [1.82, 2.24) is 10.6 Å². The average Bonchev–Trinajstić information content (AvgIpc) is 2.30. The summed E-state index contributed by atoms with van der Waals surface area (Å²) in [5.74, 6) is -0.540. The summed E-state index contributed by atoms with van der Waals surface area (Å²) >= 11 is 0. The third-order valence-corrected chi connectivity index (χ3v) is 3.92. The lowest BCUT2D eigenvalue weighted by molar-refractivity contribution is -0.149. The van der Waals surface area contributed by atoms with Gasteiger partial charge in [-0.05, 0) is 52.4 Å². The molecule has 1 amide bonds. The molecule has 1 saturated carbocycles. The van der Waals surface area contributed by atoms with Crippen molar-refractivity contribution in [3.8, 4) is 0 Å². The van der Waals surface area contributed by atoms with Crippen LogP contribution in [-0.4, -0.2) is 34.6 Å². The summed E-state index contributed by atoms with van der Waals surface area (Å²) in [6.45, 7) is 8.78. The minimum atomic E-state index is -1.05. The van der Waals surface area contributed by atoms with Crippen molar-refractivity contribution < 1.29 is 14.7 Å². The van der Waals surface area contributed by atoms with Gasteiger partial charge < -0.3 is 15.7 Å². The highest BCUT2D eigenvalue weighted by atomic mass is 16.4. The largest absolute Gasteiger partial charge is 0.480 e. The molecule has 116 valence electrons. The molecule has 1 aliphatic carbocycles. The molecule has 0 aromatic carbocycles. The van der Waals surface area contributed by atoms with E-state index in [9.17, 15) is 14.7 Å². The monoisotopic (exact) mass is 284 g/mol. The molecule has 0 aromatic rings. The molecular formula is C15H28N2O3. The van der Waals surface area contributed by atoms with Gasteiger partial charge in [-0.15, -0.1) is 0 Å². The molecule has 0 saturated heterocycles. The molecule has 0 aliphatic heterocycles. The van der Waals surface area contributed by atoms with Crippen LogP contribution in [0.3, 0.4) is 0 Å². The number of rotatable bonds is 5. The Morgan fingerprint density at radius 3 is 2.25 bits per heavy atom. The molecule has 0 aromatic heterocycles. The topological polar surface area (TPSA) is 78.4 Å². The normalized spacial score (nSPS) is 27.1. The van der Waals surface area contributed by atoms with Gasteiger partial charge in [-0.2, -0.15) is 0 Å². The first-order chi connectivity index (χ1) is 9.15. The summed E-state index contributed by atoms with van der Waals surface area (Å²) in [6.07, 6.45) is 3.07. The number of carboxylic acids is 1. The zero-order valence-corrected chi connectivity index (χ0v) is 13.1. The van der Waals surface area contributed by atoms with Gasteiger partial charge in [-0.25, -0.2) is 4.79 Å². The van der Waals surface area contributed by atoms with Gasteiger partial charge in [0.1, 0.15) is 5.54 Å². The maximum absolute atomic E-state index is 12.0. The lowest BCUT2D eigenvalue weighted by atomic mass is 9.77. The fraction of sp³-hybridized carbons (Fsp3) is 0.867. The van der Waals surface area contributed by atoms with Gasteiger partial charge in [0.15, 0.2) is 0 Å². The molecule has 0 atom stereocenters. The summed E-state index contributed by atoms with van der Waals surface area (Å²) in [5, 5.41) is 15.4. The van der Waals surface area contributed by atoms with Gasteiger partial charge in [0.25, 0.3) is 0 Å². The lowest BCUT2D eigenvalue weighted by Gasteiger charge is -2.36. The first-order valence-electron chi connectivity index (χ1n) is 7.44. The SMILES string of the molecule is CC1CCC(NC(=O)CCNC(C)(C)C)(C(=O)O)CC1. The Hall–Kier alpha value is -1.10. The summed E-state index contributed by atoms with van der Waals surface area (Å²) in [6, 6.07) is 0. The molecule has 5 nitrogen and oxygen atoms in total. The van der Waals surface area contributed by atoms with Crippen LogP contribution in [0, 0.1) is 5.92 Å². The molecular weight excluding hydrogens is 256 g/mol. The molecule has 1 fully saturated rings. The van der Waals surface area contributed by atoms with Gasteiger partial charge in [0.05, 0.1) is 0 Å². The highest BCUT2D eigenvalue weighted by Gasteiger charge is 2.42. The maximum atomic E-state index is 12.0. The number of hydrogen-bond acceptors (Lipinski definition) is 3. The molecule has 0 unspecified atom stereocenters. The van der Waals surface area contributed by atoms with Crippen molar-refractivity contribution in [2.75, 3.05) is 6.54 Å². The third kappa shape index (κ3) is 5.12. The van der Waals surface area contributed by atoms with E-state index in [-0.39, 0.29) is 11.4 Å². The van der Waals surface area contributed by atoms with Crippen LogP contribution in [-0.2, 0) is 9.59 Å². The molecule has 0 heterocycles. The standard InChI is InChI=1S/C15H28N2O3/c1-11-5-8-15(9-6-11,13(19)20)17-12(18)7-10-16-14(2,3)4/h11,16H,5-10H2,1-4H3,(H,17,18)(H,19,20). The van der Waals surface area contributed by atoms with Gasteiger partial charge in [-0.1, -0.05) is 6.92 Å². The summed E-state index contributed by atoms with van der Waals surface area (Å²) < 4.78 is 0. The van der Waals surface area contributed by atoms with Crippen LogP contribution >= 0.6 is 0 Å². The Labute approximate surface area is 121 Å². The van der Waals surface area contributed by atoms with Crippen LogP contribution in [0.2, 0.25) is 0 Å². The molecule has 0 radical (unpaired) electrons. The second-order valence-corrected chi connectivity index (χ2v) is 7.04. The van der Waals surface area contributed by atoms with Crippen LogP contribution in [0.15, 0.2) is 0 Å². The van der Waals surface area contributed by atoms with Gasteiger partial charge >= 0.3 is 5.97 Å². The molecule has 1 aliphatic rings. The van der Waals surface area contributed by atoms with Crippen molar-refractivity contribution in [3.63, 3.8) is 0 Å². The van der Waals surface area contributed by atoms with Gasteiger partial charge in [-0.3, -0.25) is 4.79 Å². The number of aliphatic carboxylic acids is 1. The molecule has 0 spiro atoms. The number of nitrogens with one attached hydrogen (secondary N) is 2. The summed E-state index contributed by atoms with van der Waals surface area (Å²) in [5.41, 5.74) is -1.09. The smallest absolute Gasteiger partial charge is 0.329 e. The Morgan fingerprint density at radius 2 is 1.80 bits per heavy atom. The minimum Gasteiger partial charge on any atom is -0.480 e. The highest BCUT2D eigenvalue weighted by molar-refractivity contribution is 5.87. The van der Waals surface area contributed by atoms with Gasteiger partial charge in [0.2, 0.25) is 5.91 Å². The Balaban J connectivity index is 2.50. The average molecular weight is 284 g/mol. The predicted molar refractivity (Wildman–Crippen MR) is 78.5 cm³/mol. The molecule has 5 heteroatoms. The molecule has 1 rings (SSSR count). The van der Waals surface area contributed by atoms with E-state index in [0.717, 1.165) is 12.8 Å². The quantitative estimate of drug-likeness (QED) is 0.720. The Kier molecular flexibility index (Phi) is 5.57. The minimum absolute atomic E-state index is 0.0367. The highest BCUT2D eigenvalue weighted by Crippen LogP contribution is 2.32. The fourth-order valence-electron chi connectivity index (χ4n) is 2.53. The first kappa shape index (κ1) is 17.0. The van der Waals surface area contributed by atoms with E-state index in [0.29, 0.717) is 31.7 Å². The number of amides is 1. The lowest BCUT2D eigenvalue weighted by Crippen LogP contribution is -2.56. The van der Waals surface area contributed by atoms with Crippen LogP contribution < -0.4 is 10.6 Å². The van der Waals surface area contributed by atoms with Gasteiger partial charge in [0, 0.05) is 18.5 Å². The maximum Gasteiger partial charge on any atom is 0.329 e. The number of carbonyl (C=O) groups excluding carboxylic acids is 1. The van der Waals surface area contributed by atoms with E-state index in [4.69, 9.17) is 0 Å². The molecule has 20 heavy (non-hydrogen) atoms. The number of hydrogen-bond donors (Lipinski definition) is 3. The molecule has 0 bridgehead atoms. The van der Waals surface area contributed by atoms with Crippen molar-refractivity contribution in [2.45, 2.75) is 70.9 Å². The van der Waals surface area contributed by atoms with Crippen LogP contribution in [0.5, 0.6) is 0 Å². The van der Waals surface area contributed by atoms with Crippen molar-refractivity contribution in [1.29, 1.82) is 0 Å². The Morgan fingerprint density at radius 1 is 1.25 bits per heavy atom. The van der Waals surface area contributed by atoms with Crippen molar-refractivity contribution in [3.05, 3.63) is 0 Å². The van der Waals surface area contributed by atoms with Crippen LogP contribution in [0.1, 0.15) is 59.8 Å². The second kappa shape index (κ2) is 6.57. The predicted octanol–water partition coefficient (Wildman–Crippen LogP) is 1.91. The third-order valence-electron chi connectivity index (χ3n) is 3.92. The van der Waals surface area contributed by atoms with Crippen molar-refractivity contribution in [2.24, 2.45) is 5.92 Å². The Bertz CT molecular complexity index is 353. The van der Waals surface area contributed by atoms with E-state index in [2.05, 4.69) is 17.6 Å². The van der Waals surface area contributed by atoms with E-state index < -0.39 is 11.5 Å². The van der Waals surface area contributed by atoms with E-state index in [1.54, 1.807) is 0 Å². The fourth-order valence-corrected chi connectivity index (χ4v) is 2.53. The van der Waals surface area contributed by atoms with E-state index in [1.165, 1.54) is 0 Å². The number of carboxylic acid groups (broad SMARTS) is 1. The second-order valence-electron chi connectivity index (χ2n) is 7.04. The zero-order chi connectivity index (χ0) is 15.4. The first-order valence-corrected chi connectivity index (χ1v) is 7.44. The van der Waals surface area contributed by atoms with E-state index in [1.807, 2.05) is 20.8 Å². The molecule has 3 N–H and O–H groups in total. The van der Waals surface area contributed by atoms with E-state index >= 15 is 0 Å². The zero-order valence-electron chi connectivity index (χ0n) is 13.1. The number of carbonyl (C=O) groups is 2. The van der Waals surface area contributed by atoms with Crippen molar-refractivity contribution >= 4 is 11.9 Å².